The maximum atomic E-state index is 12.3. The van der Waals surface area contributed by atoms with E-state index in [0.717, 1.165) is 31.2 Å². The lowest BCUT2D eigenvalue weighted by molar-refractivity contribution is 0.0718. The number of aliphatic hydroxyl groups excluding tert-OH is 1. The molecule has 0 saturated heterocycles. The van der Waals surface area contributed by atoms with Crippen LogP contribution in [-0.2, 0) is 0 Å². The topological polar surface area (TPSA) is 78.0 Å². The zero-order chi connectivity index (χ0) is 13.2. The van der Waals surface area contributed by atoms with Gasteiger partial charge >= 0.3 is 0 Å². The standard InChI is InChI=1S/C14H17N3O2/c18-12-6-2-1-4-10(12)17-14(19)9-8-16-11-5-3-7-15-13(9)11/h3,5,7-8,10,12,16,18H,1-2,4,6H2,(H,17,19). The van der Waals surface area contributed by atoms with Crippen LogP contribution in [0, 0.1) is 0 Å². The average molecular weight is 259 g/mol. The first-order chi connectivity index (χ1) is 9.25. The van der Waals surface area contributed by atoms with Crippen LogP contribution in [0.3, 0.4) is 0 Å². The highest BCUT2D eigenvalue weighted by Crippen LogP contribution is 2.20. The lowest BCUT2D eigenvalue weighted by Gasteiger charge is -2.28. The van der Waals surface area contributed by atoms with Crippen LogP contribution in [0.15, 0.2) is 24.5 Å². The van der Waals surface area contributed by atoms with Crippen LogP contribution < -0.4 is 5.32 Å². The summed E-state index contributed by atoms with van der Waals surface area (Å²) in [5.74, 6) is -0.170. The molecule has 19 heavy (non-hydrogen) atoms. The number of H-pyrrole nitrogens is 1. The number of pyridine rings is 1. The number of carbonyl (C=O) groups excluding carboxylic acids is 1. The molecule has 5 heteroatoms. The summed E-state index contributed by atoms with van der Waals surface area (Å²) in [7, 11) is 0. The largest absolute Gasteiger partial charge is 0.391 e. The third kappa shape index (κ3) is 2.33. The number of amides is 1. The molecule has 2 unspecified atom stereocenters. The Kier molecular flexibility index (Phi) is 3.21. The van der Waals surface area contributed by atoms with E-state index in [1.807, 2.05) is 12.1 Å². The van der Waals surface area contributed by atoms with Gasteiger partial charge in [0, 0.05) is 12.4 Å². The molecule has 0 aliphatic heterocycles. The van der Waals surface area contributed by atoms with E-state index in [1.54, 1.807) is 12.4 Å². The van der Waals surface area contributed by atoms with E-state index in [1.165, 1.54) is 0 Å². The Morgan fingerprint density at radius 3 is 3.11 bits per heavy atom. The van der Waals surface area contributed by atoms with Gasteiger partial charge in [-0.1, -0.05) is 12.8 Å². The maximum absolute atomic E-state index is 12.3. The minimum Gasteiger partial charge on any atom is -0.391 e. The van der Waals surface area contributed by atoms with E-state index < -0.39 is 6.10 Å². The van der Waals surface area contributed by atoms with Crippen molar-refractivity contribution in [1.82, 2.24) is 15.3 Å². The van der Waals surface area contributed by atoms with Crippen LogP contribution in [0.25, 0.3) is 11.0 Å². The fourth-order valence-electron chi connectivity index (χ4n) is 2.65. The summed E-state index contributed by atoms with van der Waals surface area (Å²) < 4.78 is 0. The van der Waals surface area contributed by atoms with Gasteiger partial charge < -0.3 is 15.4 Å². The summed E-state index contributed by atoms with van der Waals surface area (Å²) in [6, 6.07) is 3.56. The second-order valence-electron chi connectivity index (χ2n) is 5.03. The third-order valence-electron chi connectivity index (χ3n) is 3.73. The molecule has 1 saturated carbocycles. The van der Waals surface area contributed by atoms with Crippen LogP contribution in [0.2, 0.25) is 0 Å². The summed E-state index contributed by atoms with van der Waals surface area (Å²) in [4.78, 5) is 19.5. The van der Waals surface area contributed by atoms with Crippen LogP contribution in [0.5, 0.6) is 0 Å². The highest BCUT2D eigenvalue weighted by Gasteiger charge is 2.25. The number of nitrogens with zero attached hydrogens (tertiary/aromatic N) is 1. The van der Waals surface area contributed by atoms with Gasteiger partial charge in [0.1, 0.15) is 5.52 Å². The molecule has 1 aliphatic rings. The molecule has 3 N–H and O–H groups in total. The van der Waals surface area contributed by atoms with Gasteiger partial charge in [0.05, 0.1) is 23.2 Å². The van der Waals surface area contributed by atoms with Crippen molar-refractivity contribution in [3.63, 3.8) is 0 Å². The molecule has 1 amide bonds. The fourth-order valence-corrected chi connectivity index (χ4v) is 2.65. The highest BCUT2D eigenvalue weighted by atomic mass is 16.3. The van der Waals surface area contributed by atoms with Crippen molar-refractivity contribution in [2.45, 2.75) is 37.8 Å². The third-order valence-corrected chi connectivity index (χ3v) is 3.73. The number of fused-ring (bicyclic) bond motifs is 1. The van der Waals surface area contributed by atoms with Gasteiger partial charge in [-0.2, -0.15) is 0 Å². The quantitative estimate of drug-likeness (QED) is 0.766. The van der Waals surface area contributed by atoms with Crippen molar-refractivity contribution < 1.29 is 9.90 Å². The molecule has 2 aromatic heterocycles. The van der Waals surface area contributed by atoms with Crippen LogP contribution in [0.1, 0.15) is 36.0 Å². The molecular formula is C14H17N3O2. The van der Waals surface area contributed by atoms with Gasteiger partial charge in [-0.25, -0.2) is 0 Å². The number of nitrogens with one attached hydrogen (secondary N) is 2. The zero-order valence-corrected chi connectivity index (χ0v) is 10.6. The first-order valence-corrected chi connectivity index (χ1v) is 6.67. The Labute approximate surface area is 111 Å². The first-order valence-electron chi connectivity index (χ1n) is 6.67. The number of aliphatic hydroxyl groups is 1. The fraction of sp³-hybridized carbons (Fsp3) is 0.429. The number of hydrogen-bond acceptors (Lipinski definition) is 3. The van der Waals surface area contributed by atoms with E-state index in [9.17, 15) is 9.90 Å². The van der Waals surface area contributed by atoms with Crippen molar-refractivity contribution in [2.75, 3.05) is 0 Å². The van der Waals surface area contributed by atoms with Crippen LogP contribution in [0.4, 0.5) is 0 Å². The van der Waals surface area contributed by atoms with E-state index >= 15 is 0 Å². The number of rotatable bonds is 2. The summed E-state index contributed by atoms with van der Waals surface area (Å²) in [6.07, 6.45) is 6.58. The molecule has 2 atom stereocenters. The normalized spacial score (nSPS) is 23.4. The minimum atomic E-state index is -0.434. The Hall–Kier alpha value is -1.88. The molecule has 0 radical (unpaired) electrons. The number of aromatic amines is 1. The molecule has 100 valence electrons. The lowest BCUT2D eigenvalue weighted by Crippen LogP contribution is -2.45. The van der Waals surface area contributed by atoms with Crippen molar-refractivity contribution in [2.24, 2.45) is 0 Å². The van der Waals surface area contributed by atoms with Crippen molar-refractivity contribution in [3.8, 4) is 0 Å². The summed E-state index contributed by atoms with van der Waals surface area (Å²) in [6.45, 7) is 0. The van der Waals surface area contributed by atoms with Gasteiger partial charge in [-0.05, 0) is 25.0 Å². The number of hydrogen-bond donors (Lipinski definition) is 3. The number of aromatic nitrogens is 2. The molecule has 1 aliphatic carbocycles. The molecule has 3 rings (SSSR count). The monoisotopic (exact) mass is 259 g/mol. The molecule has 2 aromatic rings. The summed E-state index contributed by atoms with van der Waals surface area (Å²) in [5, 5.41) is 12.8. The van der Waals surface area contributed by atoms with Gasteiger partial charge in [0.25, 0.3) is 5.91 Å². The molecule has 5 nitrogen and oxygen atoms in total. The van der Waals surface area contributed by atoms with Gasteiger partial charge in [0.2, 0.25) is 0 Å². The number of carbonyl (C=O) groups is 1. The van der Waals surface area contributed by atoms with E-state index in [0.29, 0.717) is 11.1 Å². The predicted octanol–water partition coefficient (Wildman–Crippen LogP) is 1.60. The molecule has 1 fully saturated rings. The lowest BCUT2D eigenvalue weighted by atomic mass is 9.92. The van der Waals surface area contributed by atoms with E-state index in [4.69, 9.17) is 0 Å². The first kappa shape index (κ1) is 12.2. The smallest absolute Gasteiger partial charge is 0.255 e. The van der Waals surface area contributed by atoms with Crippen LogP contribution >= 0.6 is 0 Å². The highest BCUT2D eigenvalue weighted by molar-refractivity contribution is 6.05. The summed E-state index contributed by atoms with van der Waals surface area (Å²) in [5.41, 5.74) is 2.05. The van der Waals surface area contributed by atoms with Crippen LogP contribution in [-0.4, -0.2) is 33.1 Å². The second-order valence-corrected chi connectivity index (χ2v) is 5.03. The summed E-state index contributed by atoms with van der Waals surface area (Å²) >= 11 is 0. The average Bonchev–Trinajstić information content (AvgIpc) is 2.85. The molecular weight excluding hydrogens is 242 g/mol. The zero-order valence-electron chi connectivity index (χ0n) is 10.6. The molecule has 2 heterocycles. The van der Waals surface area contributed by atoms with Gasteiger partial charge in [0.15, 0.2) is 0 Å². The Morgan fingerprint density at radius 1 is 1.42 bits per heavy atom. The second kappa shape index (κ2) is 5.01. The minimum absolute atomic E-state index is 0.144. The Bertz CT molecular complexity index is 593. The van der Waals surface area contributed by atoms with Crippen molar-refractivity contribution in [3.05, 3.63) is 30.1 Å². The van der Waals surface area contributed by atoms with E-state index in [2.05, 4.69) is 15.3 Å². The Morgan fingerprint density at radius 2 is 2.26 bits per heavy atom. The van der Waals surface area contributed by atoms with Crippen molar-refractivity contribution in [1.29, 1.82) is 0 Å². The maximum Gasteiger partial charge on any atom is 0.255 e. The molecule has 0 spiro atoms. The molecule has 0 bridgehead atoms. The van der Waals surface area contributed by atoms with Crippen molar-refractivity contribution >= 4 is 16.9 Å². The predicted molar refractivity (Wildman–Crippen MR) is 71.8 cm³/mol. The molecule has 0 aromatic carbocycles. The van der Waals surface area contributed by atoms with E-state index in [-0.39, 0.29) is 11.9 Å². The SMILES string of the molecule is O=C(NC1CCCCC1O)c1c[nH]c2cccnc12. The van der Waals surface area contributed by atoms with Gasteiger partial charge in [-0.15, -0.1) is 0 Å². The van der Waals surface area contributed by atoms with Gasteiger partial charge in [-0.3, -0.25) is 9.78 Å². The Balaban J connectivity index is 1.80.